The Hall–Kier alpha value is -1.09. The predicted octanol–water partition coefficient (Wildman–Crippen LogP) is 2.53. The highest BCUT2D eigenvalue weighted by atomic mass is 16.5. The highest BCUT2D eigenvalue weighted by Crippen LogP contribution is 2.15. The smallest absolute Gasteiger partial charge is 0.213 e. The first-order chi connectivity index (χ1) is 7.09. The van der Waals surface area contributed by atoms with Crippen LogP contribution in [0.1, 0.15) is 38.8 Å². The van der Waals surface area contributed by atoms with Gasteiger partial charge >= 0.3 is 0 Å². The summed E-state index contributed by atoms with van der Waals surface area (Å²) in [6.07, 6.45) is 2.79. The molecule has 1 aromatic heterocycles. The second kappa shape index (κ2) is 5.71. The van der Waals surface area contributed by atoms with E-state index in [4.69, 9.17) is 10.5 Å². The molecule has 0 saturated heterocycles. The lowest BCUT2D eigenvalue weighted by molar-refractivity contribution is 0.279. The van der Waals surface area contributed by atoms with Crippen molar-refractivity contribution in [2.45, 2.75) is 33.2 Å². The predicted molar refractivity (Wildman–Crippen MR) is 61.8 cm³/mol. The number of aromatic nitrogens is 1. The van der Waals surface area contributed by atoms with Gasteiger partial charge in [-0.15, -0.1) is 0 Å². The summed E-state index contributed by atoms with van der Waals surface area (Å²) in [5.41, 5.74) is 6.84. The highest BCUT2D eigenvalue weighted by Gasteiger charge is 2.02. The summed E-state index contributed by atoms with van der Waals surface area (Å²) in [5, 5.41) is 0. The van der Waals surface area contributed by atoms with Gasteiger partial charge in [0.05, 0.1) is 6.61 Å². The fourth-order valence-electron chi connectivity index (χ4n) is 1.19. The Morgan fingerprint density at radius 2 is 2.13 bits per heavy atom. The molecule has 0 amide bonds. The van der Waals surface area contributed by atoms with Crippen molar-refractivity contribution in [3.05, 3.63) is 23.9 Å². The summed E-state index contributed by atoms with van der Waals surface area (Å²) in [6.45, 7) is 7.02. The number of nitrogens with zero attached hydrogens (tertiary/aromatic N) is 1. The van der Waals surface area contributed by atoms with Gasteiger partial charge in [0.25, 0.3) is 0 Å². The summed E-state index contributed by atoms with van der Waals surface area (Å²) in [5.74, 6) is 1.33. The SMILES string of the molecule is CC(C)CCOc1cc([C@H](C)N)ccn1. The van der Waals surface area contributed by atoms with Crippen LogP contribution in [-0.2, 0) is 0 Å². The number of ether oxygens (including phenoxy) is 1. The Morgan fingerprint density at radius 1 is 1.40 bits per heavy atom. The number of nitrogens with two attached hydrogens (primary N) is 1. The first-order valence-electron chi connectivity index (χ1n) is 5.44. The Morgan fingerprint density at radius 3 is 2.73 bits per heavy atom. The van der Waals surface area contributed by atoms with E-state index in [1.54, 1.807) is 6.20 Å². The molecule has 0 saturated carbocycles. The van der Waals surface area contributed by atoms with Crippen molar-refractivity contribution in [2.75, 3.05) is 6.61 Å². The third-order valence-corrected chi connectivity index (χ3v) is 2.23. The molecule has 2 N–H and O–H groups in total. The van der Waals surface area contributed by atoms with Gasteiger partial charge in [-0.05, 0) is 30.9 Å². The molecule has 0 aromatic carbocycles. The molecule has 0 fully saturated rings. The Bertz CT molecular complexity index is 297. The van der Waals surface area contributed by atoms with Crippen LogP contribution in [-0.4, -0.2) is 11.6 Å². The van der Waals surface area contributed by atoms with Crippen LogP contribution in [0.3, 0.4) is 0 Å². The highest BCUT2D eigenvalue weighted by molar-refractivity contribution is 5.22. The zero-order valence-electron chi connectivity index (χ0n) is 9.73. The lowest BCUT2D eigenvalue weighted by Gasteiger charge is -2.09. The Balaban J connectivity index is 2.50. The molecule has 0 bridgehead atoms. The van der Waals surface area contributed by atoms with Crippen molar-refractivity contribution in [3.63, 3.8) is 0 Å². The molecule has 0 aliphatic heterocycles. The summed E-state index contributed by atoms with van der Waals surface area (Å²) < 4.78 is 5.54. The normalized spacial score (nSPS) is 12.9. The number of pyridine rings is 1. The minimum Gasteiger partial charge on any atom is -0.478 e. The molecular formula is C12H20N2O. The van der Waals surface area contributed by atoms with E-state index < -0.39 is 0 Å². The average Bonchev–Trinajstić information content (AvgIpc) is 2.17. The molecule has 3 nitrogen and oxygen atoms in total. The Kier molecular flexibility index (Phi) is 4.56. The van der Waals surface area contributed by atoms with Gasteiger partial charge in [0.15, 0.2) is 0 Å². The quantitative estimate of drug-likeness (QED) is 0.808. The van der Waals surface area contributed by atoms with Gasteiger partial charge < -0.3 is 10.5 Å². The van der Waals surface area contributed by atoms with Gasteiger partial charge in [-0.1, -0.05) is 13.8 Å². The van der Waals surface area contributed by atoms with Crippen LogP contribution >= 0.6 is 0 Å². The first-order valence-corrected chi connectivity index (χ1v) is 5.44. The second-order valence-corrected chi connectivity index (χ2v) is 4.25. The fraction of sp³-hybridized carbons (Fsp3) is 0.583. The van der Waals surface area contributed by atoms with E-state index in [1.807, 2.05) is 19.1 Å². The van der Waals surface area contributed by atoms with E-state index in [9.17, 15) is 0 Å². The van der Waals surface area contributed by atoms with Gasteiger partial charge in [-0.25, -0.2) is 4.98 Å². The minimum atomic E-state index is 0.0282. The molecule has 1 rings (SSSR count). The average molecular weight is 208 g/mol. The number of rotatable bonds is 5. The maximum atomic E-state index is 5.78. The molecule has 15 heavy (non-hydrogen) atoms. The zero-order chi connectivity index (χ0) is 11.3. The third kappa shape index (κ3) is 4.30. The second-order valence-electron chi connectivity index (χ2n) is 4.25. The van der Waals surface area contributed by atoms with E-state index >= 15 is 0 Å². The Labute approximate surface area is 91.7 Å². The molecule has 0 radical (unpaired) electrons. The van der Waals surface area contributed by atoms with Crippen molar-refractivity contribution in [1.29, 1.82) is 0 Å². The molecule has 84 valence electrons. The van der Waals surface area contributed by atoms with Crippen molar-refractivity contribution in [3.8, 4) is 5.88 Å². The molecule has 0 aliphatic carbocycles. The van der Waals surface area contributed by atoms with Crippen molar-refractivity contribution in [1.82, 2.24) is 4.98 Å². The van der Waals surface area contributed by atoms with E-state index in [2.05, 4.69) is 18.8 Å². The van der Waals surface area contributed by atoms with E-state index in [0.29, 0.717) is 18.4 Å². The third-order valence-electron chi connectivity index (χ3n) is 2.23. The van der Waals surface area contributed by atoms with Crippen LogP contribution in [0, 0.1) is 5.92 Å². The fourth-order valence-corrected chi connectivity index (χ4v) is 1.19. The molecule has 0 aliphatic rings. The van der Waals surface area contributed by atoms with Crippen LogP contribution < -0.4 is 10.5 Å². The summed E-state index contributed by atoms with van der Waals surface area (Å²) in [7, 11) is 0. The van der Waals surface area contributed by atoms with Crippen molar-refractivity contribution < 1.29 is 4.74 Å². The lowest BCUT2D eigenvalue weighted by Crippen LogP contribution is -2.07. The van der Waals surface area contributed by atoms with E-state index in [0.717, 1.165) is 12.0 Å². The van der Waals surface area contributed by atoms with Gasteiger partial charge in [0.1, 0.15) is 0 Å². The standard InChI is InChI=1S/C12H20N2O/c1-9(2)5-7-15-12-8-11(10(3)13)4-6-14-12/h4,6,8-10H,5,7,13H2,1-3H3/t10-/m0/s1. The topological polar surface area (TPSA) is 48.1 Å². The maximum Gasteiger partial charge on any atom is 0.213 e. The van der Waals surface area contributed by atoms with E-state index in [1.165, 1.54) is 0 Å². The molecular weight excluding hydrogens is 188 g/mol. The zero-order valence-corrected chi connectivity index (χ0v) is 9.73. The molecule has 0 spiro atoms. The molecule has 0 unspecified atom stereocenters. The van der Waals surface area contributed by atoms with E-state index in [-0.39, 0.29) is 6.04 Å². The van der Waals surface area contributed by atoms with Crippen molar-refractivity contribution in [2.24, 2.45) is 11.7 Å². The van der Waals surface area contributed by atoms with Crippen LogP contribution in [0.25, 0.3) is 0 Å². The van der Waals surface area contributed by atoms with Gasteiger partial charge in [-0.2, -0.15) is 0 Å². The largest absolute Gasteiger partial charge is 0.478 e. The molecule has 1 aromatic rings. The van der Waals surface area contributed by atoms with Gasteiger partial charge in [0.2, 0.25) is 5.88 Å². The number of hydrogen-bond donors (Lipinski definition) is 1. The number of hydrogen-bond acceptors (Lipinski definition) is 3. The summed E-state index contributed by atoms with van der Waals surface area (Å²) in [4.78, 5) is 4.14. The minimum absolute atomic E-state index is 0.0282. The lowest BCUT2D eigenvalue weighted by atomic mass is 10.1. The van der Waals surface area contributed by atoms with Gasteiger partial charge in [-0.3, -0.25) is 0 Å². The van der Waals surface area contributed by atoms with Crippen LogP contribution in [0.5, 0.6) is 5.88 Å². The molecule has 3 heteroatoms. The monoisotopic (exact) mass is 208 g/mol. The first kappa shape index (κ1) is 12.0. The van der Waals surface area contributed by atoms with Crippen LogP contribution in [0.15, 0.2) is 18.3 Å². The molecule has 1 atom stereocenters. The molecule has 1 heterocycles. The van der Waals surface area contributed by atoms with Crippen LogP contribution in [0.4, 0.5) is 0 Å². The van der Waals surface area contributed by atoms with Gasteiger partial charge in [0, 0.05) is 18.3 Å². The maximum absolute atomic E-state index is 5.78. The summed E-state index contributed by atoms with van der Waals surface area (Å²) >= 11 is 0. The summed E-state index contributed by atoms with van der Waals surface area (Å²) in [6, 6.07) is 3.85. The van der Waals surface area contributed by atoms with Crippen molar-refractivity contribution >= 4 is 0 Å². The van der Waals surface area contributed by atoms with Crippen LogP contribution in [0.2, 0.25) is 0 Å².